The zero-order valence-electron chi connectivity index (χ0n) is 18.4. The molecule has 0 bridgehead atoms. The van der Waals surface area contributed by atoms with Gasteiger partial charge in [0.2, 0.25) is 0 Å². The van der Waals surface area contributed by atoms with E-state index in [0.29, 0.717) is 22.1 Å². The third-order valence-electron chi connectivity index (χ3n) is 6.14. The number of carbonyl (C=O) groups excluding carboxylic acids is 1. The molecule has 1 aliphatic carbocycles. The molecule has 4 rings (SSSR count). The van der Waals surface area contributed by atoms with E-state index in [0.717, 1.165) is 39.9 Å². The molecule has 0 spiro atoms. The number of aryl methyl sites for hydroxylation is 1. The lowest BCUT2D eigenvalue weighted by Gasteiger charge is -2.35. The van der Waals surface area contributed by atoms with Crippen LogP contribution in [0.1, 0.15) is 54.4 Å². The Hall–Kier alpha value is -1.94. The standard InChI is InChI=1S/C26H25BrN2OS2/c1-26(2,3)17-8-11-21-19(13-17)24(23-5-4-12-31-23)20(14-28)25(29-21)32-15-22(30)16-6-9-18(27)10-7-16/h4-7,9-10,12,17H,8,11,13,15H2,1-3H3/t17-/m0/s1. The molecule has 0 radical (unpaired) electrons. The van der Waals surface area contributed by atoms with E-state index in [1.807, 2.05) is 30.3 Å². The van der Waals surface area contributed by atoms with Gasteiger partial charge in [0.1, 0.15) is 11.1 Å². The molecule has 0 amide bonds. The number of halogens is 1. The molecule has 0 aliphatic heterocycles. The van der Waals surface area contributed by atoms with Crippen molar-refractivity contribution in [3.05, 3.63) is 68.6 Å². The number of aromatic nitrogens is 1. The van der Waals surface area contributed by atoms with Crippen molar-refractivity contribution in [3.63, 3.8) is 0 Å². The van der Waals surface area contributed by atoms with Crippen molar-refractivity contribution < 1.29 is 4.79 Å². The first-order valence-corrected chi connectivity index (χ1v) is 13.3. The second kappa shape index (κ2) is 9.51. The Bertz CT molecular complexity index is 1170. The van der Waals surface area contributed by atoms with Crippen LogP contribution in [0.25, 0.3) is 10.4 Å². The number of rotatable bonds is 5. The topological polar surface area (TPSA) is 53.8 Å². The van der Waals surface area contributed by atoms with E-state index in [9.17, 15) is 10.1 Å². The van der Waals surface area contributed by atoms with Crippen molar-refractivity contribution in [2.24, 2.45) is 11.3 Å². The summed E-state index contributed by atoms with van der Waals surface area (Å²) in [6.45, 7) is 6.89. The van der Waals surface area contributed by atoms with Crippen LogP contribution in [0.5, 0.6) is 0 Å². The van der Waals surface area contributed by atoms with Crippen molar-refractivity contribution in [1.29, 1.82) is 5.26 Å². The number of thiophene rings is 1. The van der Waals surface area contributed by atoms with Crippen molar-refractivity contribution in [2.45, 2.75) is 45.1 Å². The lowest BCUT2D eigenvalue weighted by Crippen LogP contribution is -2.28. The molecule has 0 unspecified atom stereocenters. The Morgan fingerprint density at radius 2 is 2.03 bits per heavy atom. The zero-order chi connectivity index (χ0) is 22.9. The quantitative estimate of drug-likeness (QED) is 0.255. The molecule has 3 aromatic rings. The molecule has 3 nitrogen and oxygen atoms in total. The monoisotopic (exact) mass is 524 g/mol. The van der Waals surface area contributed by atoms with Gasteiger partial charge in [0.05, 0.1) is 11.3 Å². The number of nitriles is 1. The molecule has 2 aromatic heterocycles. The van der Waals surface area contributed by atoms with Gasteiger partial charge < -0.3 is 0 Å². The van der Waals surface area contributed by atoms with E-state index in [1.54, 1.807) is 11.3 Å². The second-order valence-electron chi connectivity index (χ2n) is 9.21. The lowest BCUT2D eigenvalue weighted by molar-refractivity contribution is 0.102. The first kappa shape index (κ1) is 23.2. The molecule has 1 atom stereocenters. The van der Waals surface area contributed by atoms with Gasteiger partial charge in [-0.15, -0.1) is 11.3 Å². The summed E-state index contributed by atoms with van der Waals surface area (Å²) in [7, 11) is 0. The fourth-order valence-electron chi connectivity index (χ4n) is 4.23. The van der Waals surface area contributed by atoms with Crippen molar-refractivity contribution in [3.8, 4) is 16.5 Å². The van der Waals surface area contributed by atoms with Crippen LogP contribution in [0, 0.1) is 22.7 Å². The molecular formula is C26H25BrN2OS2. The average molecular weight is 526 g/mol. The number of thioether (sulfide) groups is 1. The predicted octanol–water partition coefficient (Wildman–Crippen LogP) is 7.57. The van der Waals surface area contributed by atoms with Gasteiger partial charge in [-0.3, -0.25) is 4.79 Å². The highest BCUT2D eigenvalue weighted by Crippen LogP contribution is 2.44. The third kappa shape index (κ3) is 4.85. The minimum absolute atomic E-state index is 0.0383. The van der Waals surface area contributed by atoms with Crippen LogP contribution in [0.3, 0.4) is 0 Å². The van der Waals surface area contributed by atoms with E-state index in [1.165, 1.54) is 17.3 Å². The fraction of sp³-hybridized carbons (Fsp3) is 0.346. The Kier molecular flexibility index (Phi) is 6.90. The Balaban J connectivity index is 1.71. The summed E-state index contributed by atoms with van der Waals surface area (Å²) in [6.07, 6.45) is 2.95. The molecule has 0 N–H and O–H groups in total. The van der Waals surface area contributed by atoms with Gasteiger partial charge in [0.15, 0.2) is 5.78 Å². The second-order valence-corrected chi connectivity index (χ2v) is 12.0. The normalized spacial score (nSPS) is 15.8. The maximum atomic E-state index is 12.7. The van der Waals surface area contributed by atoms with Crippen molar-refractivity contribution >= 4 is 44.8 Å². The zero-order valence-corrected chi connectivity index (χ0v) is 21.7. The van der Waals surface area contributed by atoms with Gasteiger partial charge in [-0.1, -0.05) is 66.7 Å². The molecule has 2 heterocycles. The number of hydrogen-bond acceptors (Lipinski definition) is 5. The van der Waals surface area contributed by atoms with Crippen LogP contribution in [-0.2, 0) is 12.8 Å². The summed E-state index contributed by atoms with van der Waals surface area (Å²) < 4.78 is 0.943. The van der Waals surface area contributed by atoms with Crippen LogP contribution in [0.4, 0.5) is 0 Å². The molecule has 164 valence electrons. The molecule has 1 aromatic carbocycles. The van der Waals surface area contributed by atoms with Crippen LogP contribution in [0.2, 0.25) is 0 Å². The lowest BCUT2D eigenvalue weighted by atomic mass is 9.70. The smallest absolute Gasteiger partial charge is 0.173 e. The number of ketones is 1. The van der Waals surface area contributed by atoms with E-state index >= 15 is 0 Å². The molecule has 32 heavy (non-hydrogen) atoms. The fourth-order valence-corrected chi connectivity index (χ4v) is 6.20. The maximum Gasteiger partial charge on any atom is 0.173 e. The number of carbonyl (C=O) groups is 1. The number of Topliss-reactive ketones (excluding diaryl/α,β-unsaturated/α-hetero) is 1. The number of benzene rings is 1. The third-order valence-corrected chi connectivity index (χ3v) is 8.53. The molecule has 1 aliphatic rings. The SMILES string of the molecule is CC(C)(C)[C@H]1CCc2nc(SCC(=O)c3ccc(Br)cc3)c(C#N)c(-c3cccs3)c2C1. The summed E-state index contributed by atoms with van der Waals surface area (Å²) in [5.74, 6) is 0.854. The summed E-state index contributed by atoms with van der Waals surface area (Å²) in [6, 6.07) is 13.9. The van der Waals surface area contributed by atoms with Gasteiger partial charge in [-0.05, 0) is 59.7 Å². The Morgan fingerprint density at radius 1 is 1.28 bits per heavy atom. The minimum Gasteiger partial charge on any atom is -0.293 e. The van der Waals surface area contributed by atoms with Gasteiger partial charge in [0, 0.05) is 26.2 Å². The molecule has 0 saturated carbocycles. The maximum absolute atomic E-state index is 12.7. The number of hydrogen-bond donors (Lipinski definition) is 0. The average Bonchev–Trinajstić information content (AvgIpc) is 3.30. The summed E-state index contributed by atoms with van der Waals surface area (Å²) in [4.78, 5) is 18.8. The van der Waals surface area contributed by atoms with Gasteiger partial charge in [0.25, 0.3) is 0 Å². The first-order chi connectivity index (χ1) is 15.3. The molecule has 0 fully saturated rings. The molecule has 6 heteroatoms. The van der Waals surface area contributed by atoms with E-state index in [2.05, 4.69) is 54.2 Å². The van der Waals surface area contributed by atoms with E-state index in [-0.39, 0.29) is 17.0 Å². The van der Waals surface area contributed by atoms with Crippen LogP contribution < -0.4 is 0 Å². The van der Waals surface area contributed by atoms with E-state index in [4.69, 9.17) is 4.98 Å². The van der Waals surface area contributed by atoms with Gasteiger partial charge in [-0.25, -0.2) is 4.98 Å². The summed E-state index contributed by atoms with van der Waals surface area (Å²) >= 11 is 6.44. The minimum atomic E-state index is 0.0383. The largest absolute Gasteiger partial charge is 0.293 e. The van der Waals surface area contributed by atoms with Crippen molar-refractivity contribution in [1.82, 2.24) is 4.98 Å². The highest BCUT2D eigenvalue weighted by atomic mass is 79.9. The van der Waals surface area contributed by atoms with Crippen LogP contribution in [-0.4, -0.2) is 16.5 Å². The van der Waals surface area contributed by atoms with Crippen LogP contribution >= 0.6 is 39.0 Å². The summed E-state index contributed by atoms with van der Waals surface area (Å²) in [5, 5.41) is 12.9. The number of pyridine rings is 1. The Labute approximate surface area is 206 Å². The van der Waals surface area contributed by atoms with E-state index < -0.39 is 0 Å². The molecule has 0 saturated heterocycles. The number of fused-ring (bicyclic) bond motifs is 1. The highest BCUT2D eigenvalue weighted by Gasteiger charge is 2.33. The van der Waals surface area contributed by atoms with Gasteiger partial charge >= 0.3 is 0 Å². The summed E-state index contributed by atoms with van der Waals surface area (Å²) in [5.41, 5.74) is 4.82. The Morgan fingerprint density at radius 3 is 2.66 bits per heavy atom. The molecular weight excluding hydrogens is 500 g/mol. The number of nitrogens with zero attached hydrogens (tertiary/aromatic N) is 2. The van der Waals surface area contributed by atoms with Crippen LogP contribution in [0.15, 0.2) is 51.3 Å². The van der Waals surface area contributed by atoms with Gasteiger partial charge in [-0.2, -0.15) is 5.26 Å². The first-order valence-electron chi connectivity index (χ1n) is 10.7. The highest BCUT2D eigenvalue weighted by molar-refractivity contribution is 9.10. The van der Waals surface area contributed by atoms with Crippen molar-refractivity contribution in [2.75, 3.05) is 5.75 Å². The predicted molar refractivity (Wildman–Crippen MR) is 136 cm³/mol.